The zero-order valence-electron chi connectivity index (χ0n) is 11.5. The van der Waals surface area contributed by atoms with Crippen LogP contribution in [0.25, 0.3) is 0 Å². The average molecular weight is 264 g/mol. The van der Waals surface area contributed by atoms with Gasteiger partial charge < -0.3 is 10.6 Å². The number of amides is 1. The van der Waals surface area contributed by atoms with Gasteiger partial charge in [-0.3, -0.25) is 4.79 Å². The molecule has 1 amide bonds. The van der Waals surface area contributed by atoms with Gasteiger partial charge in [0.05, 0.1) is 11.3 Å². The third-order valence-electron chi connectivity index (χ3n) is 3.64. The highest BCUT2D eigenvalue weighted by Crippen LogP contribution is 2.26. The van der Waals surface area contributed by atoms with Crippen molar-refractivity contribution in [2.75, 3.05) is 11.9 Å². The quantitative estimate of drug-likeness (QED) is 0.877. The lowest BCUT2D eigenvalue weighted by Crippen LogP contribution is -2.33. The summed E-state index contributed by atoms with van der Waals surface area (Å²) in [5.74, 6) is 0.0925. The predicted octanol–water partition coefficient (Wildman–Crippen LogP) is 3.18. The summed E-state index contributed by atoms with van der Waals surface area (Å²) in [5, 5.41) is 5.93. The number of hydrogen-bond acceptors (Lipinski definition) is 2. The first kappa shape index (κ1) is 13.8. The Hall–Kier alpha value is -1.58. The molecule has 1 aromatic rings. The van der Waals surface area contributed by atoms with Gasteiger partial charge in [-0.2, -0.15) is 0 Å². The number of para-hydroxylation sites is 1. The Morgan fingerprint density at radius 2 is 2.21 bits per heavy atom. The monoisotopic (exact) mass is 264 g/mol. The Bertz CT molecular complexity index is 461. The molecule has 0 aliphatic heterocycles. The number of hydrogen-bond donors (Lipinski definition) is 2. The van der Waals surface area contributed by atoms with Gasteiger partial charge in [0.2, 0.25) is 0 Å². The summed E-state index contributed by atoms with van der Waals surface area (Å²) in [4.78, 5) is 12.2. The molecule has 4 heteroatoms. The van der Waals surface area contributed by atoms with Crippen LogP contribution in [0.5, 0.6) is 0 Å². The van der Waals surface area contributed by atoms with Crippen LogP contribution in [0.2, 0.25) is 0 Å². The van der Waals surface area contributed by atoms with Crippen LogP contribution in [0.1, 0.15) is 43.5 Å². The lowest BCUT2D eigenvalue weighted by Gasteiger charge is -2.15. The molecule has 0 radical (unpaired) electrons. The molecule has 2 atom stereocenters. The third kappa shape index (κ3) is 3.25. The smallest absolute Gasteiger partial charge is 0.253 e. The summed E-state index contributed by atoms with van der Waals surface area (Å²) in [6.45, 7) is 4.66. The second-order valence-electron chi connectivity index (χ2n) is 5.28. The summed E-state index contributed by atoms with van der Waals surface area (Å²) in [6, 6.07) is 4.82. The van der Waals surface area contributed by atoms with Crippen LogP contribution >= 0.6 is 0 Å². The number of anilines is 1. The molecule has 1 aliphatic rings. The molecule has 0 spiro atoms. The maximum atomic E-state index is 13.7. The highest BCUT2D eigenvalue weighted by atomic mass is 19.1. The molecule has 2 unspecified atom stereocenters. The Morgan fingerprint density at radius 1 is 1.42 bits per heavy atom. The molecule has 0 bridgehead atoms. The van der Waals surface area contributed by atoms with E-state index in [-0.39, 0.29) is 17.8 Å². The second-order valence-corrected chi connectivity index (χ2v) is 5.28. The minimum absolute atomic E-state index is 0.186. The normalized spacial score (nSPS) is 22.3. The highest BCUT2D eigenvalue weighted by molar-refractivity contribution is 5.99. The van der Waals surface area contributed by atoms with Crippen molar-refractivity contribution in [2.45, 2.75) is 39.2 Å². The highest BCUT2D eigenvalue weighted by Gasteiger charge is 2.24. The summed E-state index contributed by atoms with van der Waals surface area (Å²) in [6.07, 6.45) is 3.17. The van der Waals surface area contributed by atoms with Crippen LogP contribution in [-0.4, -0.2) is 18.5 Å². The van der Waals surface area contributed by atoms with Crippen molar-refractivity contribution in [3.05, 3.63) is 29.6 Å². The first-order chi connectivity index (χ1) is 9.11. The molecule has 2 rings (SSSR count). The van der Waals surface area contributed by atoms with Gasteiger partial charge in [0.25, 0.3) is 5.91 Å². The van der Waals surface area contributed by atoms with Crippen molar-refractivity contribution in [1.29, 1.82) is 0 Å². The minimum Gasteiger partial charge on any atom is -0.382 e. The molecule has 1 aromatic carbocycles. The number of benzene rings is 1. The van der Waals surface area contributed by atoms with Gasteiger partial charge in [-0.15, -0.1) is 0 Å². The first-order valence-electron chi connectivity index (χ1n) is 6.95. The molecule has 19 heavy (non-hydrogen) atoms. The Morgan fingerprint density at radius 3 is 2.84 bits per heavy atom. The van der Waals surface area contributed by atoms with Crippen LogP contribution in [0.4, 0.5) is 10.1 Å². The van der Waals surface area contributed by atoms with Crippen molar-refractivity contribution in [3.8, 4) is 0 Å². The molecule has 1 aliphatic carbocycles. The predicted molar refractivity (Wildman–Crippen MR) is 74.8 cm³/mol. The van der Waals surface area contributed by atoms with E-state index in [0.717, 1.165) is 19.3 Å². The SMILES string of the molecule is CCNc1c(F)cccc1C(=O)NC1CCC(C)C1. The van der Waals surface area contributed by atoms with E-state index < -0.39 is 0 Å². The van der Waals surface area contributed by atoms with Gasteiger partial charge in [0.1, 0.15) is 5.82 Å². The number of nitrogens with one attached hydrogen (secondary N) is 2. The molecule has 0 aromatic heterocycles. The zero-order chi connectivity index (χ0) is 13.8. The summed E-state index contributed by atoms with van der Waals surface area (Å²) in [5.41, 5.74) is 0.690. The van der Waals surface area contributed by atoms with Gasteiger partial charge in [-0.25, -0.2) is 4.39 Å². The molecule has 0 heterocycles. The maximum absolute atomic E-state index is 13.7. The zero-order valence-corrected chi connectivity index (χ0v) is 11.5. The Kier molecular flexibility index (Phi) is 4.40. The van der Waals surface area contributed by atoms with E-state index in [1.165, 1.54) is 6.07 Å². The second kappa shape index (κ2) is 6.04. The minimum atomic E-state index is -0.380. The first-order valence-corrected chi connectivity index (χ1v) is 6.95. The van der Waals surface area contributed by atoms with E-state index >= 15 is 0 Å². The molecule has 1 saturated carbocycles. The number of carbonyl (C=O) groups is 1. The maximum Gasteiger partial charge on any atom is 0.253 e. The van der Waals surface area contributed by atoms with Gasteiger partial charge >= 0.3 is 0 Å². The van der Waals surface area contributed by atoms with E-state index in [0.29, 0.717) is 23.7 Å². The molecule has 104 valence electrons. The van der Waals surface area contributed by atoms with Crippen molar-refractivity contribution in [2.24, 2.45) is 5.92 Å². The van der Waals surface area contributed by atoms with Crippen LogP contribution in [0.3, 0.4) is 0 Å². The van der Waals surface area contributed by atoms with E-state index in [1.54, 1.807) is 12.1 Å². The largest absolute Gasteiger partial charge is 0.382 e. The summed E-state index contributed by atoms with van der Waals surface area (Å²) < 4.78 is 13.7. The number of rotatable bonds is 4. The van der Waals surface area contributed by atoms with Crippen molar-refractivity contribution in [1.82, 2.24) is 5.32 Å². The standard InChI is InChI=1S/C15H21FN2O/c1-3-17-14-12(5-4-6-13(14)16)15(19)18-11-8-7-10(2)9-11/h4-6,10-11,17H,3,7-9H2,1-2H3,(H,18,19). The Labute approximate surface area is 113 Å². The summed E-state index contributed by atoms with van der Waals surface area (Å²) >= 11 is 0. The molecule has 0 saturated heterocycles. The molecule has 2 N–H and O–H groups in total. The number of halogens is 1. The van der Waals surface area contributed by atoms with Gasteiger partial charge in [0, 0.05) is 12.6 Å². The van der Waals surface area contributed by atoms with Crippen LogP contribution in [0, 0.1) is 11.7 Å². The van der Waals surface area contributed by atoms with E-state index in [1.807, 2.05) is 6.92 Å². The van der Waals surface area contributed by atoms with E-state index in [2.05, 4.69) is 17.6 Å². The van der Waals surface area contributed by atoms with Crippen molar-refractivity contribution in [3.63, 3.8) is 0 Å². The van der Waals surface area contributed by atoms with Crippen LogP contribution < -0.4 is 10.6 Å². The van der Waals surface area contributed by atoms with Crippen molar-refractivity contribution < 1.29 is 9.18 Å². The summed E-state index contributed by atoms with van der Waals surface area (Å²) in [7, 11) is 0. The van der Waals surface area contributed by atoms with Crippen LogP contribution in [-0.2, 0) is 0 Å². The third-order valence-corrected chi connectivity index (χ3v) is 3.64. The molecule has 3 nitrogen and oxygen atoms in total. The fraction of sp³-hybridized carbons (Fsp3) is 0.533. The molecular weight excluding hydrogens is 243 g/mol. The van der Waals surface area contributed by atoms with Gasteiger partial charge in [0.15, 0.2) is 0 Å². The van der Waals surface area contributed by atoms with Gasteiger partial charge in [-0.1, -0.05) is 13.0 Å². The topological polar surface area (TPSA) is 41.1 Å². The molecular formula is C15H21FN2O. The fourth-order valence-corrected chi connectivity index (χ4v) is 2.67. The lowest BCUT2D eigenvalue weighted by molar-refractivity contribution is 0.0937. The van der Waals surface area contributed by atoms with E-state index in [9.17, 15) is 9.18 Å². The fourth-order valence-electron chi connectivity index (χ4n) is 2.67. The van der Waals surface area contributed by atoms with Crippen LogP contribution in [0.15, 0.2) is 18.2 Å². The number of carbonyl (C=O) groups excluding carboxylic acids is 1. The van der Waals surface area contributed by atoms with E-state index in [4.69, 9.17) is 0 Å². The molecule has 1 fully saturated rings. The lowest BCUT2D eigenvalue weighted by atomic mass is 10.1. The average Bonchev–Trinajstić information content (AvgIpc) is 2.77. The van der Waals surface area contributed by atoms with Crippen molar-refractivity contribution >= 4 is 11.6 Å². The van der Waals surface area contributed by atoms with Gasteiger partial charge in [-0.05, 0) is 44.2 Å². The Balaban J connectivity index is 2.12.